The summed E-state index contributed by atoms with van der Waals surface area (Å²) in [5.74, 6) is -0.801. The van der Waals surface area contributed by atoms with Crippen LogP contribution in [0.15, 0.2) is 46.7 Å². The molecule has 2 aromatic rings. The predicted molar refractivity (Wildman–Crippen MR) is 100 cm³/mol. The second-order valence-electron chi connectivity index (χ2n) is 5.40. The molecule has 0 unspecified atom stereocenters. The van der Waals surface area contributed by atoms with Crippen molar-refractivity contribution >= 4 is 45.5 Å². The number of carbonyl (C=O) groups excluding carboxylic acids is 3. The molecule has 138 valence electrons. The molecule has 1 N–H and O–H groups in total. The minimum Gasteiger partial charge on any atom is -0.493 e. The molecule has 0 spiro atoms. The normalized spacial score (nSPS) is 15.7. The van der Waals surface area contributed by atoms with Gasteiger partial charge in [0.25, 0.3) is 11.8 Å². The molecule has 0 saturated carbocycles. The molecule has 1 aliphatic rings. The van der Waals surface area contributed by atoms with Crippen molar-refractivity contribution in [3.05, 3.63) is 52.3 Å². The van der Waals surface area contributed by atoms with Gasteiger partial charge in [0.15, 0.2) is 11.5 Å². The van der Waals surface area contributed by atoms with Gasteiger partial charge in [-0.05, 0) is 30.3 Å². The van der Waals surface area contributed by atoms with Gasteiger partial charge in [-0.3, -0.25) is 19.9 Å². The van der Waals surface area contributed by atoms with Crippen molar-refractivity contribution < 1.29 is 23.9 Å². The number of methoxy groups -OCH3 is 2. The summed E-state index contributed by atoms with van der Waals surface area (Å²) in [5, 5.41) is 2.16. The monoisotopic (exact) mass is 431 g/mol. The smallest absolute Gasteiger partial charge is 0.336 e. The number of nitrogens with zero attached hydrogens (tertiary/aromatic N) is 2. The Bertz CT molecular complexity index is 959. The number of rotatable bonds is 4. The van der Waals surface area contributed by atoms with Crippen LogP contribution in [0.5, 0.6) is 11.5 Å². The summed E-state index contributed by atoms with van der Waals surface area (Å²) < 4.78 is 11.3. The van der Waals surface area contributed by atoms with Gasteiger partial charge in [0.2, 0.25) is 0 Å². The van der Waals surface area contributed by atoms with E-state index in [0.29, 0.717) is 21.5 Å². The number of ether oxygens (including phenoxy) is 2. The minimum absolute atomic E-state index is 0.225. The van der Waals surface area contributed by atoms with Gasteiger partial charge in [0.05, 0.1) is 26.1 Å². The summed E-state index contributed by atoms with van der Waals surface area (Å²) in [7, 11) is 2.92. The van der Waals surface area contributed by atoms with Gasteiger partial charge in [-0.1, -0.05) is 15.9 Å². The summed E-state index contributed by atoms with van der Waals surface area (Å²) in [6.45, 7) is 0. The Morgan fingerprint density at radius 1 is 1.19 bits per heavy atom. The Kier molecular flexibility index (Phi) is 5.22. The number of urea groups is 1. The third kappa shape index (κ3) is 3.54. The maximum Gasteiger partial charge on any atom is 0.336 e. The lowest BCUT2D eigenvalue weighted by atomic mass is 10.1. The predicted octanol–water partition coefficient (Wildman–Crippen LogP) is 2.53. The molecule has 1 saturated heterocycles. The van der Waals surface area contributed by atoms with E-state index in [1.165, 1.54) is 32.7 Å². The number of nitrogens with one attached hydrogen (secondary N) is 1. The van der Waals surface area contributed by atoms with Gasteiger partial charge in [-0.2, -0.15) is 0 Å². The van der Waals surface area contributed by atoms with Gasteiger partial charge in [0.1, 0.15) is 5.57 Å². The number of amides is 4. The lowest BCUT2D eigenvalue weighted by Gasteiger charge is -2.26. The average Bonchev–Trinajstić information content (AvgIpc) is 2.65. The van der Waals surface area contributed by atoms with E-state index in [9.17, 15) is 14.4 Å². The number of pyridine rings is 1. The summed E-state index contributed by atoms with van der Waals surface area (Å²) in [5.41, 5.74) is 0.455. The number of carbonyl (C=O) groups is 3. The summed E-state index contributed by atoms with van der Waals surface area (Å²) in [6.07, 6.45) is 4.21. The zero-order valence-corrected chi connectivity index (χ0v) is 15.9. The van der Waals surface area contributed by atoms with Crippen molar-refractivity contribution in [1.82, 2.24) is 10.3 Å². The van der Waals surface area contributed by atoms with Crippen molar-refractivity contribution in [3.63, 3.8) is 0 Å². The Morgan fingerprint density at radius 2 is 1.96 bits per heavy atom. The van der Waals surface area contributed by atoms with Gasteiger partial charge in [-0.25, -0.2) is 9.69 Å². The zero-order chi connectivity index (χ0) is 19.6. The molecule has 3 rings (SSSR count). The van der Waals surface area contributed by atoms with E-state index in [-0.39, 0.29) is 11.3 Å². The van der Waals surface area contributed by atoms with Gasteiger partial charge >= 0.3 is 6.03 Å². The number of anilines is 1. The molecule has 8 nitrogen and oxygen atoms in total. The van der Waals surface area contributed by atoms with Gasteiger partial charge in [-0.15, -0.1) is 0 Å². The number of halogens is 1. The molecule has 1 aromatic heterocycles. The molecular formula is C18H14BrN3O5. The van der Waals surface area contributed by atoms with E-state index in [1.807, 2.05) is 0 Å². The Labute approximate surface area is 162 Å². The van der Waals surface area contributed by atoms with Crippen LogP contribution >= 0.6 is 15.9 Å². The van der Waals surface area contributed by atoms with E-state index >= 15 is 0 Å². The summed E-state index contributed by atoms with van der Waals surface area (Å²) in [6, 6.07) is 5.64. The largest absolute Gasteiger partial charge is 0.493 e. The van der Waals surface area contributed by atoms with Crippen molar-refractivity contribution in [1.29, 1.82) is 0 Å². The molecule has 0 aliphatic carbocycles. The van der Waals surface area contributed by atoms with Crippen LogP contribution in [0.4, 0.5) is 10.5 Å². The highest BCUT2D eigenvalue weighted by Crippen LogP contribution is 2.36. The molecular weight excluding hydrogens is 418 g/mol. The fourth-order valence-corrected chi connectivity index (χ4v) is 3.05. The first-order chi connectivity index (χ1) is 13.0. The number of hydrogen-bond donors (Lipinski definition) is 1. The first kappa shape index (κ1) is 18.6. The first-order valence-electron chi connectivity index (χ1n) is 7.69. The summed E-state index contributed by atoms with van der Waals surface area (Å²) in [4.78, 5) is 42.0. The van der Waals surface area contributed by atoms with Crippen LogP contribution in [0.3, 0.4) is 0 Å². The fraction of sp³-hybridized carbons (Fsp3) is 0.111. The van der Waals surface area contributed by atoms with E-state index in [4.69, 9.17) is 9.47 Å². The van der Waals surface area contributed by atoms with Crippen molar-refractivity contribution in [2.75, 3.05) is 19.1 Å². The molecule has 9 heteroatoms. The Balaban J connectivity index is 2.10. The highest BCUT2D eigenvalue weighted by atomic mass is 79.9. The van der Waals surface area contributed by atoms with Crippen LogP contribution in [0, 0.1) is 0 Å². The van der Waals surface area contributed by atoms with Crippen LogP contribution in [0.1, 0.15) is 5.56 Å². The first-order valence-corrected chi connectivity index (χ1v) is 8.48. The van der Waals surface area contributed by atoms with E-state index in [1.54, 1.807) is 24.3 Å². The molecule has 1 aromatic carbocycles. The second kappa shape index (κ2) is 7.58. The number of imide groups is 2. The maximum absolute atomic E-state index is 12.9. The molecule has 27 heavy (non-hydrogen) atoms. The number of barbiturate groups is 1. The second-order valence-corrected chi connectivity index (χ2v) is 6.32. The topological polar surface area (TPSA) is 97.8 Å². The van der Waals surface area contributed by atoms with Crippen LogP contribution in [-0.4, -0.2) is 37.0 Å². The Morgan fingerprint density at radius 3 is 2.59 bits per heavy atom. The number of aromatic nitrogens is 1. The van der Waals surface area contributed by atoms with E-state index in [0.717, 1.165) is 4.90 Å². The molecule has 2 heterocycles. The Hall–Kier alpha value is -3.20. The molecule has 0 bridgehead atoms. The van der Waals surface area contributed by atoms with Crippen LogP contribution in [0.2, 0.25) is 0 Å². The standard InChI is InChI=1S/C18H14BrN3O5/c1-26-14-8-11(19)6-10(15(14)27-2)7-13-16(23)21-18(25)22(17(13)24)12-4-3-5-20-9-12/h3-9H,1-2H3,(H,21,23,25)/b13-7+. The highest BCUT2D eigenvalue weighted by molar-refractivity contribution is 9.10. The van der Waals surface area contributed by atoms with Crippen molar-refractivity contribution in [2.24, 2.45) is 0 Å². The molecule has 0 atom stereocenters. The average molecular weight is 432 g/mol. The fourth-order valence-electron chi connectivity index (χ4n) is 2.60. The SMILES string of the molecule is COc1cc(Br)cc(/C=C2\C(=O)NC(=O)N(c3cccnc3)C2=O)c1OC. The van der Waals surface area contributed by atoms with Gasteiger partial charge in [0, 0.05) is 16.2 Å². The quantitative estimate of drug-likeness (QED) is 0.589. The lowest BCUT2D eigenvalue weighted by Crippen LogP contribution is -2.54. The lowest BCUT2D eigenvalue weighted by molar-refractivity contribution is -0.122. The minimum atomic E-state index is -0.839. The van der Waals surface area contributed by atoms with Crippen molar-refractivity contribution in [2.45, 2.75) is 0 Å². The van der Waals surface area contributed by atoms with Crippen LogP contribution in [-0.2, 0) is 9.59 Å². The number of hydrogen-bond acceptors (Lipinski definition) is 6. The van der Waals surface area contributed by atoms with Crippen molar-refractivity contribution in [3.8, 4) is 11.5 Å². The van der Waals surface area contributed by atoms with E-state index < -0.39 is 17.8 Å². The highest BCUT2D eigenvalue weighted by Gasteiger charge is 2.37. The third-order valence-corrected chi connectivity index (χ3v) is 4.24. The molecule has 1 fully saturated rings. The summed E-state index contributed by atoms with van der Waals surface area (Å²) >= 11 is 3.35. The third-order valence-electron chi connectivity index (χ3n) is 3.78. The maximum atomic E-state index is 12.9. The zero-order valence-electron chi connectivity index (χ0n) is 14.4. The number of benzene rings is 1. The van der Waals surface area contributed by atoms with E-state index in [2.05, 4.69) is 26.2 Å². The van der Waals surface area contributed by atoms with Gasteiger partial charge < -0.3 is 9.47 Å². The molecule has 1 aliphatic heterocycles. The molecule has 0 radical (unpaired) electrons. The van der Waals surface area contributed by atoms with Crippen LogP contribution in [0.25, 0.3) is 6.08 Å². The molecule has 4 amide bonds. The van der Waals surface area contributed by atoms with Crippen LogP contribution < -0.4 is 19.7 Å².